The van der Waals surface area contributed by atoms with Crippen molar-refractivity contribution in [3.8, 4) is 0 Å². The summed E-state index contributed by atoms with van der Waals surface area (Å²) in [6.45, 7) is 13.0. The Hall–Kier alpha value is 0.270. The Morgan fingerprint density at radius 3 is 2.65 bits per heavy atom. The van der Waals surface area contributed by atoms with E-state index >= 15 is 0 Å². The molecular formula is C14H29NOS. The predicted octanol–water partition coefficient (Wildman–Crippen LogP) is 3.17. The lowest BCUT2D eigenvalue weighted by molar-refractivity contribution is 0.101. The van der Waals surface area contributed by atoms with Gasteiger partial charge in [-0.15, -0.1) is 0 Å². The van der Waals surface area contributed by atoms with Crippen LogP contribution < -0.4 is 5.32 Å². The van der Waals surface area contributed by atoms with E-state index in [1.165, 1.54) is 17.9 Å². The van der Waals surface area contributed by atoms with Crippen molar-refractivity contribution in [2.24, 2.45) is 11.3 Å². The second kappa shape index (κ2) is 7.01. The van der Waals surface area contributed by atoms with Crippen LogP contribution in [0.5, 0.6) is 0 Å². The molecule has 0 spiro atoms. The van der Waals surface area contributed by atoms with Gasteiger partial charge in [0.15, 0.2) is 0 Å². The van der Waals surface area contributed by atoms with Crippen molar-refractivity contribution in [2.45, 2.75) is 53.1 Å². The van der Waals surface area contributed by atoms with Crippen LogP contribution in [0.2, 0.25) is 0 Å². The molecule has 0 aromatic carbocycles. The van der Waals surface area contributed by atoms with Crippen LogP contribution in [0.3, 0.4) is 0 Å². The predicted molar refractivity (Wildman–Crippen MR) is 77.8 cm³/mol. The molecule has 0 bridgehead atoms. The number of nitrogens with one attached hydrogen (secondary N) is 1. The van der Waals surface area contributed by atoms with Crippen LogP contribution in [0.4, 0.5) is 0 Å². The second-order valence-electron chi connectivity index (χ2n) is 6.26. The zero-order valence-corrected chi connectivity index (χ0v) is 12.9. The number of thioether (sulfide) groups is 1. The van der Waals surface area contributed by atoms with Crippen LogP contribution in [0.25, 0.3) is 0 Å². The first-order chi connectivity index (χ1) is 7.94. The molecule has 1 aliphatic rings. The summed E-state index contributed by atoms with van der Waals surface area (Å²) < 4.78 is 5.58. The molecule has 17 heavy (non-hydrogen) atoms. The quantitative estimate of drug-likeness (QED) is 0.791. The Bertz CT molecular complexity index is 218. The van der Waals surface area contributed by atoms with Gasteiger partial charge in [-0.25, -0.2) is 0 Å². The van der Waals surface area contributed by atoms with E-state index in [2.05, 4.69) is 51.7 Å². The summed E-state index contributed by atoms with van der Waals surface area (Å²) in [5.74, 6) is 3.18. The summed E-state index contributed by atoms with van der Waals surface area (Å²) in [5, 5.41) is 3.80. The topological polar surface area (TPSA) is 21.3 Å². The molecule has 1 rings (SSSR count). The SMILES string of the molecule is CCOCC(NC1CSCC(C)(C)C1)C(C)C. The monoisotopic (exact) mass is 259 g/mol. The largest absolute Gasteiger partial charge is 0.380 e. The second-order valence-corrected chi connectivity index (χ2v) is 7.29. The molecule has 0 aromatic heterocycles. The van der Waals surface area contributed by atoms with Crippen LogP contribution >= 0.6 is 11.8 Å². The van der Waals surface area contributed by atoms with Gasteiger partial charge in [0.1, 0.15) is 0 Å². The summed E-state index contributed by atoms with van der Waals surface area (Å²) in [7, 11) is 0. The van der Waals surface area contributed by atoms with E-state index in [0.29, 0.717) is 23.4 Å². The molecule has 1 fully saturated rings. The van der Waals surface area contributed by atoms with Crippen LogP contribution in [0.1, 0.15) is 41.0 Å². The van der Waals surface area contributed by atoms with E-state index in [0.717, 1.165) is 13.2 Å². The molecule has 1 N–H and O–H groups in total. The van der Waals surface area contributed by atoms with Gasteiger partial charge < -0.3 is 10.1 Å². The fraction of sp³-hybridized carbons (Fsp3) is 1.00. The van der Waals surface area contributed by atoms with Gasteiger partial charge in [0, 0.05) is 24.4 Å². The van der Waals surface area contributed by atoms with E-state index in [9.17, 15) is 0 Å². The third kappa shape index (κ3) is 5.62. The van der Waals surface area contributed by atoms with Gasteiger partial charge in [-0.1, -0.05) is 27.7 Å². The maximum atomic E-state index is 5.58. The molecule has 1 aliphatic heterocycles. The van der Waals surface area contributed by atoms with Gasteiger partial charge in [-0.05, 0) is 30.4 Å². The molecule has 0 saturated carbocycles. The number of hydrogen-bond donors (Lipinski definition) is 1. The fourth-order valence-electron chi connectivity index (χ4n) is 2.35. The maximum Gasteiger partial charge on any atom is 0.0622 e. The molecule has 0 aromatic rings. The molecule has 1 saturated heterocycles. The smallest absolute Gasteiger partial charge is 0.0622 e. The Morgan fingerprint density at radius 2 is 2.12 bits per heavy atom. The minimum absolute atomic E-state index is 0.480. The lowest BCUT2D eigenvalue weighted by Crippen LogP contribution is -2.49. The van der Waals surface area contributed by atoms with Crippen molar-refractivity contribution in [3.05, 3.63) is 0 Å². The third-order valence-electron chi connectivity index (χ3n) is 3.37. The molecule has 102 valence electrons. The highest BCUT2D eigenvalue weighted by molar-refractivity contribution is 7.99. The molecule has 2 unspecified atom stereocenters. The van der Waals surface area contributed by atoms with Crippen molar-refractivity contribution >= 4 is 11.8 Å². The normalized spacial score (nSPS) is 26.1. The molecular weight excluding hydrogens is 230 g/mol. The standard InChI is InChI=1S/C14H29NOS/c1-6-16-8-13(11(2)3)15-12-7-14(4,5)10-17-9-12/h11-13,15H,6-10H2,1-5H3. The van der Waals surface area contributed by atoms with Crippen molar-refractivity contribution in [2.75, 3.05) is 24.7 Å². The highest BCUT2D eigenvalue weighted by Gasteiger charge is 2.30. The molecule has 0 amide bonds. The summed E-state index contributed by atoms with van der Waals surface area (Å²) in [4.78, 5) is 0. The summed E-state index contributed by atoms with van der Waals surface area (Å²) >= 11 is 2.08. The molecule has 0 radical (unpaired) electrons. The Balaban J connectivity index is 2.43. The minimum atomic E-state index is 0.480. The summed E-state index contributed by atoms with van der Waals surface area (Å²) in [5.41, 5.74) is 0.480. The highest BCUT2D eigenvalue weighted by Crippen LogP contribution is 2.33. The van der Waals surface area contributed by atoms with Crippen LogP contribution in [-0.4, -0.2) is 36.8 Å². The molecule has 0 aliphatic carbocycles. The Morgan fingerprint density at radius 1 is 1.41 bits per heavy atom. The molecule has 2 atom stereocenters. The van der Waals surface area contributed by atoms with Crippen molar-refractivity contribution in [1.29, 1.82) is 0 Å². The van der Waals surface area contributed by atoms with Crippen LogP contribution in [-0.2, 0) is 4.74 Å². The zero-order chi connectivity index (χ0) is 12.9. The summed E-state index contributed by atoms with van der Waals surface area (Å²) in [6, 6.07) is 1.14. The summed E-state index contributed by atoms with van der Waals surface area (Å²) in [6.07, 6.45) is 1.29. The van der Waals surface area contributed by atoms with Crippen molar-refractivity contribution < 1.29 is 4.74 Å². The van der Waals surface area contributed by atoms with E-state index < -0.39 is 0 Å². The molecule has 3 heteroatoms. The lowest BCUT2D eigenvalue weighted by atomic mass is 9.87. The first-order valence-electron chi connectivity index (χ1n) is 6.86. The first kappa shape index (κ1) is 15.3. The van der Waals surface area contributed by atoms with E-state index in [-0.39, 0.29) is 0 Å². The van der Waals surface area contributed by atoms with Crippen molar-refractivity contribution in [3.63, 3.8) is 0 Å². The van der Waals surface area contributed by atoms with E-state index in [4.69, 9.17) is 4.74 Å². The highest BCUT2D eigenvalue weighted by atomic mass is 32.2. The maximum absolute atomic E-state index is 5.58. The van der Waals surface area contributed by atoms with Gasteiger partial charge in [0.05, 0.1) is 6.61 Å². The fourth-order valence-corrected chi connectivity index (χ4v) is 3.64. The Kier molecular flexibility index (Phi) is 6.32. The molecule has 2 nitrogen and oxygen atoms in total. The van der Waals surface area contributed by atoms with Crippen LogP contribution in [0.15, 0.2) is 0 Å². The van der Waals surface area contributed by atoms with Gasteiger partial charge in [-0.3, -0.25) is 0 Å². The van der Waals surface area contributed by atoms with E-state index in [1.807, 2.05) is 0 Å². The van der Waals surface area contributed by atoms with Gasteiger partial charge in [-0.2, -0.15) is 11.8 Å². The van der Waals surface area contributed by atoms with Gasteiger partial charge in [0.2, 0.25) is 0 Å². The zero-order valence-electron chi connectivity index (χ0n) is 12.1. The van der Waals surface area contributed by atoms with Crippen LogP contribution in [0, 0.1) is 11.3 Å². The Labute approximate surface area is 111 Å². The van der Waals surface area contributed by atoms with Gasteiger partial charge >= 0.3 is 0 Å². The van der Waals surface area contributed by atoms with E-state index in [1.54, 1.807) is 0 Å². The molecule has 1 heterocycles. The van der Waals surface area contributed by atoms with Crippen molar-refractivity contribution in [1.82, 2.24) is 5.32 Å². The lowest BCUT2D eigenvalue weighted by Gasteiger charge is -2.38. The number of hydrogen-bond acceptors (Lipinski definition) is 3. The average Bonchev–Trinajstić information content (AvgIpc) is 2.22. The minimum Gasteiger partial charge on any atom is -0.380 e. The number of rotatable bonds is 6. The van der Waals surface area contributed by atoms with Gasteiger partial charge in [0.25, 0.3) is 0 Å². The average molecular weight is 259 g/mol. The first-order valence-corrected chi connectivity index (χ1v) is 8.01. The number of ether oxygens (including phenoxy) is 1. The third-order valence-corrected chi connectivity index (χ3v) is 4.99.